The maximum absolute atomic E-state index is 12.0. The van der Waals surface area contributed by atoms with Crippen LogP contribution < -0.4 is 10.6 Å². The molecular formula is C14H22N2O2S. The highest BCUT2D eigenvalue weighted by Crippen LogP contribution is 2.22. The molecule has 1 aromatic rings. The molecule has 1 unspecified atom stereocenters. The number of benzene rings is 1. The number of sulfone groups is 1. The fraction of sp³-hybridized carbons (Fsp3) is 0.571. The van der Waals surface area contributed by atoms with Crippen molar-refractivity contribution in [1.82, 2.24) is 5.32 Å². The van der Waals surface area contributed by atoms with Crippen LogP contribution in [0, 0.1) is 5.92 Å². The van der Waals surface area contributed by atoms with Crippen molar-refractivity contribution in [2.75, 3.05) is 30.7 Å². The summed E-state index contributed by atoms with van der Waals surface area (Å²) in [5.41, 5.74) is 0.731. The molecule has 1 aliphatic heterocycles. The molecule has 0 saturated carbocycles. The first-order chi connectivity index (χ1) is 9.13. The number of nitrogens with one attached hydrogen (secondary N) is 2. The Morgan fingerprint density at radius 3 is 2.84 bits per heavy atom. The molecule has 106 valence electrons. The summed E-state index contributed by atoms with van der Waals surface area (Å²) in [5, 5.41) is 6.67. The molecule has 1 aliphatic rings. The molecule has 4 nitrogen and oxygen atoms in total. The van der Waals surface area contributed by atoms with Gasteiger partial charge in [0.2, 0.25) is 0 Å². The normalized spacial score (nSPS) is 20.2. The van der Waals surface area contributed by atoms with Gasteiger partial charge in [-0.15, -0.1) is 0 Å². The van der Waals surface area contributed by atoms with Crippen molar-refractivity contribution in [1.29, 1.82) is 0 Å². The quantitative estimate of drug-likeness (QED) is 0.866. The van der Waals surface area contributed by atoms with Crippen molar-refractivity contribution in [3.63, 3.8) is 0 Å². The van der Waals surface area contributed by atoms with Gasteiger partial charge >= 0.3 is 0 Å². The van der Waals surface area contributed by atoms with Crippen LogP contribution in [-0.2, 0) is 9.84 Å². The van der Waals surface area contributed by atoms with E-state index in [2.05, 4.69) is 10.6 Å². The van der Waals surface area contributed by atoms with E-state index in [-0.39, 0.29) is 5.75 Å². The first-order valence-corrected chi connectivity index (χ1v) is 8.55. The number of rotatable bonds is 5. The Balaban J connectivity index is 2.07. The molecule has 0 spiro atoms. The van der Waals surface area contributed by atoms with E-state index < -0.39 is 9.84 Å². The van der Waals surface area contributed by atoms with Crippen molar-refractivity contribution in [2.45, 2.75) is 24.7 Å². The molecule has 2 N–H and O–H groups in total. The van der Waals surface area contributed by atoms with Crippen molar-refractivity contribution in [2.24, 2.45) is 5.92 Å². The second-order valence-electron chi connectivity index (χ2n) is 4.99. The summed E-state index contributed by atoms with van der Waals surface area (Å²) in [7, 11) is -3.16. The zero-order valence-corrected chi connectivity index (χ0v) is 12.2. The highest BCUT2D eigenvalue weighted by molar-refractivity contribution is 7.91. The maximum atomic E-state index is 12.0. The van der Waals surface area contributed by atoms with Gasteiger partial charge in [0.25, 0.3) is 0 Å². The Hall–Kier alpha value is -1.07. The minimum atomic E-state index is -3.16. The van der Waals surface area contributed by atoms with Crippen molar-refractivity contribution in [3.8, 4) is 0 Å². The summed E-state index contributed by atoms with van der Waals surface area (Å²) >= 11 is 0. The van der Waals surface area contributed by atoms with E-state index >= 15 is 0 Å². The van der Waals surface area contributed by atoms with Crippen molar-refractivity contribution < 1.29 is 8.42 Å². The molecule has 0 radical (unpaired) electrons. The van der Waals surface area contributed by atoms with Gasteiger partial charge in [0.1, 0.15) is 0 Å². The van der Waals surface area contributed by atoms with Gasteiger partial charge in [-0.3, -0.25) is 0 Å². The summed E-state index contributed by atoms with van der Waals surface area (Å²) in [5.74, 6) is 0.711. The minimum absolute atomic E-state index is 0.136. The average molecular weight is 282 g/mol. The predicted octanol–water partition coefficient (Wildman–Crippen LogP) is 1.89. The van der Waals surface area contributed by atoms with Gasteiger partial charge in [0.15, 0.2) is 9.84 Å². The second-order valence-corrected chi connectivity index (χ2v) is 7.24. The highest BCUT2D eigenvalue weighted by Gasteiger charge is 2.17. The second kappa shape index (κ2) is 6.39. The SMILES string of the molecule is CCS(=O)(=O)c1ccccc1NCC1CCCNC1. The van der Waals surface area contributed by atoms with Crippen LogP contribution in [0.25, 0.3) is 0 Å². The first-order valence-electron chi connectivity index (χ1n) is 6.90. The van der Waals surface area contributed by atoms with Crippen LogP contribution in [0.2, 0.25) is 0 Å². The molecule has 1 fully saturated rings. The monoisotopic (exact) mass is 282 g/mol. The minimum Gasteiger partial charge on any atom is -0.384 e. The van der Waals surface area contributed by atoms with Crippen LogP contribution in [0.1, 0.15) is 19.8 Å². The standard InChI is InChI=1S/C14H22N2O2S/c1-2-19(17,18)14-8-4-3-7-13(14)16-11-12-6-5-9-15-10-12/h3-4,7-8,12,15-16H,2,5-6,9-11H2,1H3. The van der Waals surface area contributed by atoms with Gasteiger partial charge < -0.3 is 10.6 Å². The van der Waals surface area contributed by atoms with Gasteiger partial charge in [-0.2, -0.15) is 0 Å². The number of hydrogen-bond acceptors (Lipinski definition) is 4. The molecule has 1 aromatic carbocycles. The number of para-hydroxylation sites is 1. The molecule has 0 aromatic heterocycles. The first kappa shape index (κ1) is 14.3. The van der Waals surface area contributed by atoms with E-state index in [1.54, 1.807) is 19.1 Å². The third-order valence-electron chi connectivity index (χ3n) is 3.58. The summed E-state index contributed by atoms with van der Waals surface area (Å²) in [6.07, 6.45) is 2.39. The summed E-state index contributed by atoms with van der Waals surface area (Å²) in [6.45, 7) is 4.60. The zero-order valence-electron chi connectivity index (χ0n) is 11.4. The summed E-state index contributed by atoms with van der Waals surface area (Å²) in [6, 6.07) is 7.17. The molecular weight excluding hydrogens is 260 g/mol. The van der Waals surface area contributed by atoms with Gasteiger partial charge in [-0.1, -0.05) is 19.1 Å². The van der Waals surface area contributed by atoms with Crippen LogP contribution in [0.5, 0.6) is 0 Å². The Kier molecular flexibility index (Phi) is 4.82. The molecule has 0 bridgehead atoms. The molecule has 1 saturated heterocycles. The Bertz CT molecular complexity index is 508. The Morgan fingerprint density at radius 1 is 1.37 bits per heavy atom. The molecule has 1 heterocycles. The lowest BCUT2D eigenvalue weighted by molar-refractivity contribution is 0.392. The Labute approximate surface area is 115 Å². The molecule has 0 amide bonds. The van der Waals surface area contributed by atoms with E-state index in [0.717, 1.165) is 25.3 Å². The highest BCUT2D eigenvalue weighted by atomic mass is 32.2. The smallest absolute Gasteiger partial charge is 0.180 e. The molecule has 1 atom stereocenters. The van der Waals surface area contributed by atoms with Crippen LogP contribution in [0.15, 0.2) is 29.2 Å². The number of hydrogen-bond donors (Lipinski definition) is 2. The molecule has 5 heteroatoms. The molecule has 19 heavy (non-hydrogen) atoms. The van der Waals surface area contributed by atoms with Gasteiger partial charge in [-0.25, -0.2) is 8.42 Å². The topological polar surface area (TPSA) is 58.2 Å². The average Bonchev–Trinajstić information content (AvgIpc) is 2.46. The van der Waals surface area contributed by atoms with Crippen LogP contribution in [0.3, 0.4) is 0 Å². The van der Waals surface area contributed by atoms with Gasteiger partial charge in [-0.05, 0) is 44.0 Å². The van der Waals surface area contributed by atoms with Crippen LogP contribution in [0.4, 0.5) is 5.69 Å². The van der Waals surface area contributed by atoms with Crippen molar-refractivity contribution in [3.05, 3.63) is 24.3 Å². The van der Waals surface area contributed by atoms with Crippen LogP contribution >= 0.6 is 0 Å². The molecule has 2 rings (SSSR count). The maximum Gasteiger partial charge on any atom is 0.180 e. The number of piperidine rings is 1. The van der Waals surface area contributed by atoms with E-state index in [0.29, 0.717) is 10.8 Å². The number of anilines is 1. The van der Waals surface area contributed by atoms with E-state index in [1.807, 2.05) is 12.1 Å². The predicted molar refractivity (Wildman–Crippen MR) is 78.3 cm³/mol. The largest absolute Gasteiger partial charge is 0.384 e. The summed E-state index contributed by atoms with van der Waals surface area (Å²) < 4.78 is 24.0. The van der Waals surface area contributed by atoms with Crippen molar-refractivity contribution >= 4 is 15.5 Å². The van der Waals surface area contributed by atoms with E-state index in [1.165, 1.54) is 12.8 Å². The van der Waals surface area contributed by atoms with Gasteiger partial charge in [0, 0.05) is 6.54 Å². The third-order valence-corrected chi connectivity index (χ3v) is 5.37. The Morgan fingerprint density at radius 2 is 2.16 bits per heavy atom. The fourth-order valence-electron chi connectivity index (χ4n) is 2.39. The zero-order chi connectivity index (χ0) is 13.7. The van der Waals surface area contributed by atoms with Crippen LogP contribution in [-0.4, -0.2) is 33.8 Å². The lowest BCUT2D eigenvalue weighted by atomic mass is 10.00. The fourth-order valence-corrected chi connectivity index (χ4v) is 3.46. The lowest BCUT2D eigenvalue weighted by Gasteiger charge is -2.24. The third kappa shape index (κ3) is 3.70. The summed E-state index contributed by atoms with van der Waals surface area (Å²) in [4.78, 5) is 0.418. The lowest BCUT2D eigenvalue weighted by Crippen LogP contribution is -2.33. The van der Waals surface area contributed by atoms with E-state index in [4.69, 9.17) is 0 Å². The van der Waals surface area contributed by atoms with E-state index in [9.17, 15) is 8.42 Å². The molecule has 0 aliphatic carbocycles. The van der Waals surface area contributed by atoms with Gasteiger partial charge in [0.05, 0.1) is 16.3 Å².